The van der Waals surface area contributed by atoms with E-state index in [2.05, 4.69) is 5.16 Å². The third-order valence-electron chi connectivity index (χ3n) is 2.90. The number of aryl methyl sites for hydroxylation is 2. The van der Waals surface area contributed by atoms with E-state index >= 15 is 0 Å². The van der Waals surface area contributed by atoms with E-state index in [1.165, 1.54) is 11.6 Å². The van der Waals surface area contributed by atoms with Crippen LogP contribution in [0.5, 0.6) is 5.75 Å². The van der Waals surface area contributed by atoms with Crippen molar-refractivity contribution in [3.63, 3.8) is 0 Å². The molecule has 0 N–H and O–H groups in total. The van der Waals surface area contributed by atoms with Gasteiger partial charge >= 0.3 is 5.97 Å². The molecule has 20 heavy (non-hydrogen) atoms. The van der Waals surface area contributed by atoms with Crippen molar-refractivity contribution in [2.75, 3.05) is 6.61 Å². The average Bonchev–Trinajstić information content (AvgIpc) is 2.89. The van der Waals surface area contributed by atoms with Crippen molar-refractivity contribution in [2.24, 2.45) is 0 Å². The highest BCUT2D eigenvalue weighted by Crippen LogP contribution is 2.18. The van der Waals surface area contributed by atoms with Gasteiger partial charge in [-0.3, -0.25) is 0 Å². The molecule has 2 aromatic rings. The highest BCUT2D eigenvalue weighted by molar-refractivity contribution is 5.87. The molecule has 0 saturated heterocycles. The van der Waals surface area contributed by atoms with Gasteiger partial charge in [0.15, 0.2) is 11.5 Å². The zero-order valence-corrected chi connectivity index (χ0v) is 11.8. The van der Waals surface area contributed by atoms with E-state index in [9.17, 15) is 4.79 Å². The molecule has 0 saturated carbocycles. The lowest BCUT2D eigenvalue weighted by Gasteiger charge is -2.06. The van der Waals surface area contributed by atoms with Crippen LogP contribution in [0.3, 0.4) is 0 Å². The quantitative estimate of drug-likeness (QED) is 0.785. The number of hydrogen-bond acceptors (Lipinski definition) is 5. The Morgan fingerprint density at radius 1 is 1.25 bits per heavy atom. The molecule has 0 unspecified atom stereocenters. The fourth-order valence-corrected chi connectivity index (χ4v) is 1.64. The van der Waals surface area contributed by atoms with Crippen LogP contribution in [-0.2, 0) is 11.3 Å². The summed E-state index contributed by atoms with van der Waals surface area (Å²) in [4.78, 5) is 11.4. The number of hydrogen-bond donors (Lipinski definition) is 0. The fourth-order valence-electron chi connectivity index (χ4n) is 1.64. The van der Waals surface area contributed by atoms with Gasteiger partial charge in [-0.1, -0.05) is 11.2 Å². The van der Waals surface area contributed by atoms with Gasteiger partial charge in [0.05, 0.1) is 6.61 Å². The van der Waals surface area contributed by atoms with Crippen molar-refractivity contribution in [1.82, 2.24) is 5.16 Å². The number of aromatic nitrogens is 1. The van der Waals surface area contributed by atoms with Gasteiger partial charge in [-0.05, 0) is 44.0 Å². The van der Waals surface area contributed by atoms with Gasteiger partial charge in [0.2, 0.25) is 0 Å². The Bertz CT molecular complexity index is 604. The summed E-state index contributed by atoms with van der Waals surface area (Å²) < 4.78 is 15.5. The smallest absolute Gasteiger partial charge is 0.360 e. The van der Waals surface area contributed by atoms with Crippen molar-refractivity contribution in [3.05, 3.63) is 46.8 Å². The Kier molecular flexibility index (Phi) is 4.40. The Morgan fingerprint density at radius 2 is 2.05 bits per heavy atom. The van der Waals surface area contributed by atoms with Gasteiger partial charge in [0, 0.05) is 6.07 Å². The highest BCUT2D eigenvalue weighted by atomic mass is 16.5. The molecule has 0 atom stereocenters. The van der Waals surface area contributed by atoms with Crippen LogP contribution in [0.15, 0.2) is 28.8 Å². The second-order valence-electron chi connectivity index (χ2n) is 4.43. The molecule has 0 fully saturated rings. The van der Waals surface area contributed by atoms with E-state index in [1.807, 2.05) is 32.0 Å². The second-order valence-corrected chi connectivity index (χ2v) is 4.43. The minimum absolute atomic E-state index is 0.158. The average molecular weight is 275 g/mol. The third kappa shape index (κ3) is 3.38. The number of ether oxygens (including phenoxy) is 2. The number of esters is 1. The molecule has 1 aromatic heterocycles. The van der Waals surface area contributed by atoms with Crippen molar-refractivity contribution in [3.8, 4) is 5.75 Å². The molecule has 0 bridgehead atoms. The lowest BCUT2D eigenvalue weighted by molar-refractivity contribution is 0.0514. The summed E-state index contributed by atoms with van der Waals surface area (Å²) >= 11 is 0. The SMILES string of the molecule is CCOC(=O)c1cc(COc2ccc(C)c(C)c2)on1. The van der Waals surface area contributed by atoms with Crippen LogP contribution in [-0.4, -0.2) is 17.7 Å². The largest absolute Gasteiger partial charge is 0.486 e. The molecule has 0 spiro atoms. The number of benzene rings is 1. The van der Waals surface area contributed by atoms with Gasteiger partial charge in [-0.15, -0.1) is 0 Å². The molecular weight excluding hydrogens is 258 g/mol. The molecule has 1 aromatic carbocycles. The van der Waals surface area contributed by atoms with Crippen LogP contribution in [0, 0.1) is 13.8 Å². The maximum Gasteiger partial charge on any atom is 0.360 e. The summed E-state index contributed by atoms with van der Waals surface area (Å²) in [6, 6.07) is 7.37. The number of carbonyl (C=O) groups is 1. The van der Waals surface area contributed by atoms with Crippen LogP contribution in [0.25, 0.3) is 0 Å². The summed E-state index contributed by atoms with van der Waals surface area (Å²) in [7, 11) is 0. The van der Waals surface area contributed by atoms with Crippen LogP contribution >= 0.6 is 0 Å². The molecule has 2 rings (SSSR count). The second kappa shape index (κ2) is 6.23. The van der Waals surface area contributed by atoms with Crippen molar-refractivity contribution in [2.45, 2.75) is 27.4 Å². The first-order valence-electron chi connectivity index (χ1n) is 6.43. The number of nitrogens with zero attached hydrogens (tertiary/aromatic N) is 1. The van der Waals surface area contributed by atoms with E-state index < -0.39 is 5.97 Å². The summed E-state index contributed by atoms with van der Waals surface area (Å²) in [6.07, 6.45) is 0. The summed E-state index contributed by atoms with van der Waals surface area (Å²) in [5.41, 5.74) is 2.53. The van der Waals surface area contributed by atoms with E-state index in [0.717, 1.165) is 11.3 Å². The minimum atomic E-state index is -0.492. The normalized spacial score (nSPS) is 10.3. The van der Waals surface area contributed by atoms with E-state index in [4.69, 9.17) is 14.0 Å². The molecule has 0 aliphatic heterocycles. The summed E-state index contributed by atoms with van der Waals surface area (Å²) in [6.45, 7) is 6.33. The molecule has 106 valence electrons. The predicted octanol–water partition coefficient (Wildman–Crippen LogP) is 3.05. The standard InChI is InChI=1S/C15H17NO4/c1-4-18-15(17)14-8-13(20-16-14)9-19-12-6-5-10(2)11(3)7-12/h5-8H,4,9H2,1-3H3. The Labute approximate surface area is 117 Å². The van der Waals surface area contributed by atoms with Gasteiger partial charge < -0.3 is 14.0 Å². The van der Waals surface area contributed by atoms with Gasteiger partial charge in [0.25, 0.3) is 0 Å². The summed E-state index contributed by atoms with van der Waals surface area (Å²) in [5.74, 6) is 0.738. The van der Waals surface area contributed by atoms with Crippen molar-refractivity contribution < 1.29 is 18.8 Å². The molecule has 0 aliphatic rings. The molecule has 0 aliphatic carbocycles. The molecule has 5 heteroatoms. The zero-order valence-electron chi connectivity index (χ0n) is 11.8. The lowest BCUT2D eigenvalue weighted by Crippen LogP contribution is -2.04. The Balaban J connectivity index is 1.97. The van der Waals surface area contributed by atoms with Crippen molar-refractivity contribution in [1.29, 1.82) is 0 Å². The fraction of sp³-hybridized carbons (Fsp3) is 0.333. The first-order valence-corrected chi connectivity index (χ1v) is 6.43. The predicted molar refractivity (Wildman–Crippen MR) is 72.7 cm³/mol. The van der Waals surface area contributed by atoms with Crippen LogP contribution in [0.1, 0.15) is 34.3 Å². The van der Waals surface area contributed by atoms with E-state index in [1.54, 1.807) is 6.92 Å². The molecule has 5 nitrogen and oxygen atoms in total. The van der Waals surface area contributed by atoms with E-state index in [0.29, 0.717) is 12.4 Å². The maximum atomic E-state index is 11.4. The van der Waals surface area contributed by atoms with Crippen LogP contribution in [0.2, 0.25) is 0 Å². The highest BCUT2D eigenvalue weighted by Gasteiger charge is 2.13. The summed E-state index contributed by atoms with van der Waals surface area (Å²) in [5, 5.41) is 3.65. The first kappa shape index (κ1) is 14.1. The number of rotatable bonds is 5. The Hall–Kier alpha value is -2.30. The minimum Gasteiger partial charge on any atom is -0.486 e. The molecule has 0 radical (unpaired) electrons. The van der Waals surface area contributed by atoms with Crippen LogP contribution < -0.4 is 4.74 Å². The van der Waals surface area contributed by atoms with Gasteiger partial charge in [0.1, 0.15) is 12.4 Å². The Morgan fingerprint density at radius 3 is 2.75 bits per heavy atom. The van der Waals surface area contributed by atoms with Crippen LogP contribution in [0.4, 0.5) is 0 Å². The van der Waals surface area contributed by atoms with Crippen molar-refractivity contribution >= 4 is 5.97 Å². The third-order valence-corrected chi connectivity index (χ3v) is 2.90. The topological polar surface area (TPSA) is 61.6 Å². The maximum absolute atomic E-state index is 11.4. The van der Waals surface area contributed by atoms with Gasteiger partial charge in [-0.2, -0.15) is 0 Å². The molecule has 1 heterocycles. The zero-order chi connectivity index (χ0) is 14.5. The lowest BCUT2D eigenvalue weighted by atomic mass is 10.1. The first-order chi connectivity index (χ1) is 9.60. The molecular formula is C15H17NO4. The van der Waals surface area contributed by atoms with Gasteiger partial charge in [-0.25, -0.2) is 4.79 Å². The number of carbonyl (C=O) groups excluding carboxylic acids is 1. The monoisotopic (exact) mass is 275 g/mol. The molecule has 0 amide bonds. The van der Waals surface area contributed by atoms with E-state index in [-0.39, 0.29) is 12.3 Å².